The number of aliphatic hydroxyl groups excluding tert-OH is 1. The van der Waals surface area contributed by atoms with Crippen molar-refractivity contribution in [1.29, 1.82) is 0 Å². The first-order valence-electron chi connectivity index (χ1n) is 16.9. The van der Waals surface area contributed by atoms with E-state index in [1.165, 1.54) is 19.3 Å². The van der Waals surface area contributed by atoms with E-state index in [2.05, 4.69) is 20.8 Å². The van der Waals surface area contributed by atoms with Crippen molar-refractivity contribution in [1.82, 2.24) is 0 Å². The van der Waals surface area contributed by atoms with Crippen LogP contribution >= 0.6 is 0 Å². The number of aliphatic hydroxyl groups is 1. The molecule has 4 saturated carbocycles. The third-order valence-electron chi connectivity index (χ3n) is 12.3. The summed E-state index contributed by atoms with van der Waals surface area (Å²) in [5, 5.41) is 9.58. The van der Waals surface area contributed by atoms with Crippen LogP contribution in [-0.4, -0.2) is 69.5 Å². The molecule has 0 aromatic carbocycles. The quantitative estimate of drug-likeness (QED) is 0.203. The van der Waals surface area contributed by atoms with E-state index in [0.717, 1.165) is 77.6 Å². The summed E-state index contributed by atoms with van der Waals surface area (Å²) in [7, 11) is 0. The highest BCUT2D eigenvalue weighted by Gasteiger charge is 2.66. The van der Waals surface area contributed by atoms with Crippen molar-refractivity contribution in [2.24, 2.45) is 63.5 Å². The van der Waals surface area contributed by atoms with Gasteiger partial charge < -0.3 is 36.5 Å². The predicted molar refractivity (Wildman–Crippen MR) is 162 cm³/mol. The molecule has 1 unspecified atom stereocenters. The summed E-state index contributed by atoms with van der Waals surface area (Å²) in [6.07, 6.45) is 14.0. The molecule has 0 saturated heterocycles. The fraction of sp³-hybridized carbons (Fsp3) is 1.00. The van der Waals surface area contributed by atoms with Crippen LogP contribution in [0.5, 0.6) is 0 Å². The summed E-state index contributed by atoms with van der Waals surface area (Å²) in [4.78, 5) is 0. The fourth-order valence-corrected chi connectivity index (χ4v) is 10.2. The Morgan fingerprint density at radius 1 is 0.800 bits per heavy atom. The minimum Gasteiger partial charge on any atom is -0.396 e. The highest BCUT2D eigenvalue weighted by molar-refractivity contribution is 5.15. The first-order valence-corrected chi connectivity index (χ1v) is 16.9. The molecule has 4 aliphatic rings. The summed E-state index contributed by atoms with van der Waals surface area (Å²) in [6.45, 7) is 12.2. The zero-order chi connectivity index (χ0) is 28.8. The average Bonchev–Trinajstić information content (AvgIpc) is 3.31. The number of nitrogens with two attached hydrogens (primary N) is 3. The van der Waals surface area contributed by atoms with Crippen molar-refractivity contribution in [3.63, 3.8) is 0 Å². The largest absolute Gasteiger partial charge is 0.396 e. The number of ether oxygens (including phenoxy) is 3. The maximum atomic E-state index is 9.58. The summed E-state index contributed by atoms with van der Waals surface area (Å²) in [6, 6.07) is 0. The van der Waals surface area contributed by atoms with E-state index in [-0.39, 0.29) is 18.1 Å². The molecule has 234 valence electrons. The van der Waals surface area contributed by atoms with Crippen LogP contribution in [0, 0.1) is 46.3 Å². The van der Waals surface area contributed by atoms with Gasteiger partial charge in [-0.05, 0) is 138 Å². The summed E-state index contributed by atoms with van der Waals surface area (Å²) >= 11 is 0. The highest BCUT2D eigenvalue weighted by atomic mass is 16.5. The second kappa shape index (κ2) is 14.9. The maximum absolute atomic E-state index is 9.58. The molecule has 0 aliphatic heterocycles. The summed E-state index contributed by atoms with van der Waals surface area (Å²) in [5.41, 5.74) is 18.0. The van der Waals surface area contributed by atoms with Gasteiger partial charge in [0.05, 0.1) is 18.3 Å². The first-order chi connectivity index (χ1) is 19.3. The van der Waals surface area contributed by atoms with Crippen molar-refractivity contribution in [2.45, 2.75) is 116 Å². The number of hydrogen-bond donors (Lipinski definition) is 4. The van der Waals surface area contributed by atoms with E-state index >= 15 is 0 Å². The molecule has 11 atom stereocenters. The Balaban J connectivity index is 1.64. The predicted octanol–water partition coefficient (Wildman–Crippen LogP) is 4.48. The van der Waals surface area contributed by atoms with Gasteiger partial charge in [0.25, 0.3) is 0 Å². The number of rotatable bonds is 16. The van der Waals surface area contributed by atoms with Crippen LogP contribution in [0.25, 0.3) is 0 Å². The Morgan fingerprint density at radius 3 is 2.15 bits per heavy atom. The number of fused-ring (bicyclic) bond motifs is 5. The molecule has 40 heavy (non-hydrogen) atoms. The van der Waals surface area contributed by atoms with Gasteiger partial charge in [-0.25, -0.2) is 0 Å². The lowest BCUT2D eigenvalue weighted by molar-refractivity contribution is -0.227. The van der Waals surface area contributed by atoms with Crippen LogP contribution in [0.4, 0.5) is 0 Å². The molecule has 7 N–H and O–H groups in total. The van der Waals surface area contributed by atoms with E-state index < -0.39 is 0 Å². The molecule has 0 spiro atoms. The van der Waals surface area contributed by atoms with E-state index in [9.17, 15) is 5.11 Å². The van der Waals surface area contributed by atoms with Crippen LogP contribution in [-0.2, 0) is 14.2 Å². The highest BCUT2D eigenvalue weighted by Crippen LogP contribution is 2.69. The molecule has 0 aromatic heterocycles. The lowest BCUT2D eigenvalue weighted by atomic mass is 9.43. The second-order valence-corrected chi connectivity index (χ2v) is 14.3. The van der Waals surface area contributed by atoms with Gasteiger partial charge in [-0.1, -0.05) is 20.8 Å². The van der Waals surface area contributed by atoms with Crippen molar-refractivity contribution >= 4 is 0 Å². The van der Waals surface area contributed by atoms with Crippen molar-refractivity contribution < 1.29 is 19.3 Å². The minimum atomic E-state index is 0.131. The Labute approximate surface area is 245 Å². The van der Waals surface area contributed by atoms with Crippen LogP contribution in [0.2, 0.25) is 0 Å². The smallest absolute Gasteiger partial charge is 0.0637 e. The van der Waals surface area contributed by atoms with Gasteiger partial charge in [0.1, 0.15) is 0 Å². The summed E-state index contributed by atoms with van der Waals surface area (Å²) < 4.78 is 20.1. The zero-order valence-electron chi connectivity index (χ0n) is 26.0. The third-order valence-corrected chi connectivity index (χ3v) is 12.3. The van der Waals surface area contributed by atoms with E-state index in [0.29, 0.717) is 72.8 Å². The van der Waals surface area contributed by atoms with Crippen LogP contribution in [0.15, 0.2) is 0 Å². The van der Waals surface area contributed by atoms with E-state index in [1.54, 1.807) is 0 Å². The Hall–Kier alpha value is -0.280. The van der Waals surface area contributed by atoms with E-state index in [1.807, 2.05) is 0 Å². The maximum Gasteiger partial charge on any atom is 0.0637 e. The molecule has 4 rings (SSSR count). The minimum absolute atomic E-state index is 0.131. The molecular weight excluding hydrogens is 502 g/mol. The van der Waals surface area contributed by atoms with Crippen LogP contribution < -0.4 is 17.2 Å². The molecule has 0 radical (unpaired) electrons. The molecule has 0 aromatic rings. The lowest BCUT2D eigenvalue weighted by Gasteiger charge is -2.65. The van der Waals surface area contributed by atoms with Crippen molar-refractivity contribution in [3.8, 4) is 0 Å². The van der Waals surface area contributed by atoms with Gasteiger partial charge in [-0.3, -0.25) is 0 Å². The molecule has 0 heterocycles. The SMILES string of the molecule is C[C@H](CCCO)[C@H]1CC[C@H]2[C@@H]3C(OCCCN)C[C@@H]4C[C@H](OCCCN)CC[C@]4(C)[C@H]3C[C@H](OCCCN)[C@]12C. The topological polar surface area (TPSA) is 126 Å². The Kier molecular flexibility index (Phi) is 12.2. The van der Waals surface area contributed by atoms with Crippen molar-refractivity contribution in [2.75, 3.05) is 46.1 Å². The Bertz CT molecular complexity index is 757. The molecule has 0 bridgehead atoms. The van der Waals surface area contributed by atoms with Crippen LogP contribution in [0.1, 0.15) is 97.8 Å². The lowest BCUT2D eigenvalue weighted by Crippen LogP contribution is -2.63. The zero-order valence-corrected chi connectivity index (χ0v) is 26.0. The Morgan fingerprint density at radius 2 is 1.48 bits per heavy atom. The van der Waals surface area contributed by atoms with Gasteiger partial charge in [-0.2, -0.15) is 0 Å². The van der Waals surface area contributed by atoms with Gasteiger partial charge in [0, 0.05) is 31.8 Å². The monoisotopic (exact) mass is 565 g/mol. The van der Waals surface area contributed by atoms with Gasteiger partial charge in [-0.15, -0.1) is 0 Å². The second-order valence-electron chi connectivity index (χ2n) is 14.3. The third kappa shape index (κ3) is 6.61. The molecule has 7 heteroatoms. The molecule has 4 aliphatic carbocycles. The molecule has 4 fully saturated rings. The molecule has 7 nitrogen and oxygen atoms in total. The normalized spacial score (nSPS) is 41.8. The van der Waals surface area contributed by atoms with Crippen LogP contribution in [0.3, 0.4) is 0 Å². The van der Waals surface area contributed by atoms with Gasteiger partial charge in [0.15, 0.2) is 0 Å². The summed E-state index contributed by atoms with van der Waals surface area (Å²) in [5.74, 6) is 3.60. The van der Waals surface area contributed by atoms with Gasteiger partial charge >= 0.3 is 0 Å². The van der Waals surface area contributed by atoms with Gasteiger partial charge in [0.2, 0.25) is 0 Å². The fourth-order valence-electron chi connectivity index (χ4n) is 10.2. The molecule has 0 amide bonds. The standard InChI is InChI=1S/C33H63N3O4/c1-23(8-4-16-37)26-9-10-27-31-28(22-30(33(26,27)3)40-19-7-15-36)32(2)12-11-25(38-17-5-13-34)20-24(32)21-29(31)39-18-6-14-35/h23-31,37H,4-22,34-36H2,1-3H3/t23-,24+,25-,26-,27+,28+,29?,30+,31+,32+,33-/m1/s1. The number of hydrogen-bond acceptors (Lipinski definition) is 7. The van der Waals surface area contributed by atoms with Crippen molar-refractivity contribution in [3.05, 3.63) is 0 Å². The van der Waals surface area contributed by atoms with E-state index in [4.69, 9.17) is 31.4 Å². The molecular formula is C33H63N3O4. The average molecular weight is 566 g/mol. The first kappa shape index (κ1) is 32.6.